The first kappa shape index (κ1) is 16.3. The standard InChI is InChI=1S/C18H17ClN2O3/c1-11(19)17(22)24-16-10-12-6-2-4-8-14(12)21(18(20)23)15-9-5-3-7-13(15)16/h2-9,11,16H,10H2,1H3,(H2,20,23)/t11?,16-/m0/s1. The summed E-state index contributed by atoms with van der Waals surface area (Å²) in [6.45, 7) is 1.57. The number of amides is 2. The van der Waals surface area contributed by atoms with Crippen LogP contribution in [0.4, 0.5) is 16.2 Å². The minimum Gasteiger partial charge on any atom is -0.456 e. The molecule has 124 valence electrons. The second-order valence-corrected chi connectivity index (χ2v) is 6.26. The molecule has 0 bridgehead atoms. The summed E-state index contributed by atoms with van der Waals surface area (Å²) in [5, 5.41) is -0.747. The molecule has 2 amide bonds. The summed E-state index contributed by atoms with van der Waals surface area (Å²) in [5.41, 5.74) is 8.50. The van der Waals surface area contributed by atoms with Crippen LogP contribution >= 0.6 is 11.6 Å². The summed E-state index contributed by atoms with van der Waals surface area (Å²) < 4.78 is 5.59. The zero-order valence-electron chi connectivity index (χ0n) is 13.1. The second kappa shape index (κ2) is 6.53. The Morgan fingerprint density at radius 2 is 1.79 bits per heavy atom. The summed E-state index contributed by atoms with van der Waals surface area (Å²) in [4.78, 5) is 25.5. The lowest BCUT2D eigenvalue weighted by Crippen LogP contribution is -2.32. The van der Waals surface area contributed by atoms with E-state index in [-0.39, 0.29) is 0 Å². The molecule has 1 aliphatic rings. The average molecular weight is 345 g/mol. The van der Waals surface area contributed by atoms with Crippen molar-refractivity contribution in [2.24, 2.45) is 5.73 Å². The van der Waals surface area contributed by atoms with Crippen molar-refractivity contribution in [2.75, 3.05) is 4.90 Å². The zero-order chi connectivity index (χ0) is 17.3. The molecule has 0 aromatic heterocycles. The van der Waals surface area contributed by atoms with Crippen molar-refractivity contribution < 1.29 is 14.3 Å². The number of fused-ring (bicyclic) bond motifs is 2. The fourth-order valence-electron chi connectivity index (χ4n) is 2.88. The van der Waals surface area contributed by atoms with Gasteiger partial charge in [-0.2, -0.15) is 0 Å². The number of primary amides is 1. The number of alkyl halides is 1. The molecule has 3 rings (SSSR count). The van der Waals surface area contributed by atoms with Gasteiger partial charge in [0, 0.05) is 12.0 Å². The van der Waals surface area contributed by atoms with Crippen LogP contribution in [0.2, 0.25) is 0 Å². The van der Waals surface area contributed by atoms with E-state index in [0.717, 1.165) is 11.1 Å². The first-order valence-electron chi connectivity index (χ1n) is 7.60. The number of urea groups is 1. The highest BCUT2D eigenvalue weighted by atomic mass is 35.5. The Hall–Kier alpha value is -2.53. The number of ether oxygens (including phenoxy) is 1. The molecule has 24 heavy (non-hydrogen) atoms. The number of halogens is 1. The van der Waals surface area contributed by atoms with Crippen LogP contribution in [-0.4, -0.2) is 17.4 Å². The molecule has 1 heterocycles. The molecule has 0 aliphatic carbocycles. The van der Waals surface area contributed by atoms with Crippen molar-refractivity contribution in [1.82, 2.24) is 0 Å². The summed E-state index contributed by atoms with van der Waals surface area (Å²) in [7, 11) is 0. The van der Waals surface area contributed by atoms with Crippen molar-refractivity contribution in [2.45, 2.75) is 24.8 Å². The van der Waals surface area contributed by atoms with E-state index in [1.54, 1.807) is 13.0 Å². The molecule has 0 saturated carbocycles. The van der Waals surface area contributed by atoms with Gasteiger partial charge in [-0.3, -0.25) is 9.69 Å². The Kier molecular flexibility index (Phi) is 4.44. The Morgan fingerprint density at radius 3 is 2.46 bits per heavy atom. The highest BCUT2D eigenvalue weighted by Gasteiger charge is 2.31. The maximum Gasteiger partial charge on any atom is 0.324 e. The average Bonchev–Trinajstić information content (AvgIpc) is 2.69. The molecule has 0 saturated heterocycles. The summed E-state index contributed by atoms with van der Waals surface area (Å²) in [5.74, 6) is -0.499. The molecule has 1 aliphatic heterocycles. The first-order chi connectivity index (χ1) is 11.5. The number of nitrogens with zero attached hydrogens (tertiary/aromatic N) is 1. The third-order valence-electron chi connectivity index (χ3n) is 3.97. The fraction of sp³-hybridized carbons (Fsp3) is 0.222. The van der Waals surface area contributed by atoms with Crippen molar-refractivity contribution in [3.63, 3.8) is 0 Å². The molecule has 2 N–H and O–H groups in total. The Bertz CT molecular complexity index is 791. The second-order valence-electron chi connectivity index (χ2n) is 5.61. The Morgan fingerprint density at radius 1 is 1.17 bits per heavy atom. The zero-order valence-corrected chi connectivity index (χ0v) is 13.9. The number of para-hydroxylation sites is 2. The number of rotatable bonds is 2. The minimum atomic E-state index is -0.747. The van der Waals surface area contributed by atoms with Crippen LogP contribution in [0.5, 0.6) is 0 Å². The number of anilines is 2. The van der Waals surface area contributed by atoms with Gasteiger partial charge in [-0.25, -0.2) is 4.79 Å². The van der Waals surface area contributed by atoms with Crippen molar-refractivity contribution in [1.29, 1.82) is 0 Å². The highest BCUT2D eigenvalue weighted by Crippen LogP contribution is 2.41. The van der Waals surface area contributed by atoms with E-state index >= 15 is 0 Å². The molecule has 2 aromatic rings. The number of hydrogen-bond acceptors (Lipinski definition) is 3. The number of benzene rings is 2. The van der Waals surface area contributed by atoms with Gasteiger partial charge in [-0.05, 0) is 24.6 Å². The van der Waals surface area contributed by atoms with Gasteiger partial charge in [0.15, 0.2) is 0 Å². The minimum absolute atomic E-state index is 0.437. The van der Waals surface area contributed by atoms with E-state index in [9.17, 15) is 9.59 Å². The summed E-state index contributed by atoms with van der Waals surface area (Å²) in [6, 6.07) is 14.1. The lowest BCUT2D eigenvalue weighted by molar-refractivity contribution is -0.148. The SMILES string of the molecule is CC(Cl)C(=O)O[C@H]1Cc2ccccc2N(C(N)=O)c2ccccc21. The van der Waals surface area contributed by atoms with Crippen LogP contribution in [0.3, 0.4) is 0 Å². The molecule has 0 radical (unpaired) electrons. The summed E-state index contributed by atoms with van der Waals surface area (Å²) in [6.07, 6.45) is -0.104. The van der Waals surface area contributed by atoms with Crippen LogP contribution in [-0.2, 0) is 16.0 Å². The summed E-state index contributed by atoms with van der Waals surface area (Å²) >= 11 is 5.84. The van der Waals surface area contributed by atoms with Crippen LogP contribution in [0.25, 0.3) is 0 Å². The van der Waals surface area contributed by atoms with E-state index in [1.807, 2.05) is 42.5 Å². The first-order valence-corrected chi connectivity index (χ1v) is 8.03. The van der Waals surface area contributed by atoms with Crippen LogP contribution in [0, 0.1) is 0 Å². The van der Waals surface area contributed by atoms with Gasteiger partial charge in [-0.15, -0.1) is 11.6 Å². The van der Waals surface area contributed by atoms with Crippen molar-refractivity contribution in [3.8, 4) is 0 Å². The van der Waals surface area contributed by atoms with E-state index in [0.29, 0.717) is 17.8 Å². The van der Waals surface area contributed by atoms with E-state index in [1.165, 1.54) is 4.90 Å². The van der Waals surface area contributed by atoms with E-state index in [2.05, 4.69) is 0 Å². The van der Waals surface area contributed by atoms with Crippen LogP contribution in [0.1, 0.15) is 24.2 Å². The molecule has 1 unspecified atom stereocenters. The Balaban J connectivity index is 2.15. The number of carbonyl (C=O) groups is 2. The molecule has 0 fully saturated rings. The largest absolute Gasteiger partial charge is 0.456 e. The topological polar surface area (TPSA) is 72.6 Å². The Labute approximate surface area is 145 Å². The highest BCUT2D eigenvalue weighted by molar-refractivity contribution is 6.29. The molecule has 0 spiro atoms. The normalized spacial score (nSPS) is 17.2. The molecule has 5 nitrogen and oxygen atoms in total. The number of nitrogens with two attached hydrogens (primary N) is 1. The van der Waals surface area contributed by atoms with Gasteiger partial charge in [0.05, 0.1) is 11.4 Å². The van der Waals surface area contributed by atoms with Crippen LogP contribution in [0.15, 0.2) is 48.5 Å². The predicted molar refractivity (Wildman–Crippen MR) is 92.5 cm³/mol. The third kappa shape index (κ3) is 2.95. The van der Waals surface area contributed by atoms with E-state index < -0.39 is 23.5 Å². The third-order valence-corrected chi connectivity index (χ3v) is 4.14. The number of esters is 1. The smallest absolute Gasteiger partial charge is 0.324 e. The van der Waals surface area contributed by atoms with Gasteiger partial charge in [0.1, 0.15) is 11.5 Å². The van der Waals surface area contributed by atoms with Gasteiger partial charge in [-0.1, -0.05) is 36.4 Å². The van der Waals surface area contributed by atoms with E-state index in [4.69, 9.17) is 22.1 Å². The molecular weight excluding hydrogens is 328 g/mol. The number of hydrogen-bond donors (Lipinski definition) is 1. The lowest BCUT2D eigenvalue weighted by atomic mass is 10.0. The molecule has 2 atom stereocenters. The number of carbonyl (C=O) groups excluding carboxylic acids is 2. The maximum atomic E-state index is 12.1. The van der Waals surface area contributed by atoms with Gasteiger partial charge < -0.3 is 10.5 Å². The van der Waals surface area contributed by atoms with Gasteiger partial charge in [0.25, 0.3) is 0 Å². The maximum absolute atomic E-state index is 12.1. The molecular formula is C18H17ClN2O3. The quantitative estimate of drug-likeness (QED) is 0.667. The predicted octanol–water partition coefficient (Wildman–Crippen LogP) is 3.67. The monoisotopic (exact) mass is 344 g/mol. The van der Waals surface area contributed by atoms with Gasteiger partial charge >= 0.3 is 12.0 Å². The molecule has 2 aromatic carbocycles. The lowest BCUT2D eigenvalue weighted by Gasteiger charge is -2.23. The van der Waals surface area contributed by atoms with Crippen molar-refractivity contribution >= 4 is 35.0 Å². The van der Waals surface area contributed by atoms with Crippen molar-refractivity contribution in [3.05, 3.63) is 59.7 Å². The van der Waals surface area contributed by atoms with Crippen LogP contribution < -0.4 is 10.6 Å². The molecule has 6 heteroatoms. The fourth-order valence-corrected chi connectivity index (χ4v) is 2.93. The van der Waals surface area contributed by atoms with Gasteiger partial charge in [0.2, 0.25) is 0 Å².